The number of sulfonamides is 1. The molecule has 2 atom stereocenters. The maximum atomic E-state index is 13.4. The lowest BCUT2D eigenvalue weighted by Gasteiger charge is -2.31. The summed E-state index contributed by atoms with van der Waals surface area (Å²) in [5.41, 5.74) is 4.42. The highest BCUT2D eigenvalue weighted by Gasteiger charge is 2.26. The maximum absolute atomic E-state index is 13.4. The first-order chi connectivity index (χ1) is 28.7. The molecule has 0 aliphatic heterocycles. The summed E-state index contributed by atoms with van der Waals surface area (Å²) in [6, 6.07) is 36.6. The van der Waals surface area contributed by atoms with E-state index in [1.165, 1.54) is 29.8 Å². The van der Waals surface area contributed by atoms with Crippen molar-refractivity contribution in [1.82, 2.24) is 24.6 Å². The number of likely N-dealkylation sites (N-methyl/N-ethyl adjacent to an activating group) is 1. The van der Waals surface area contributed by atoms with Crippen LogP contribution in [0.5, 0.6) is 5.75 Å². The molecule has 60 heavy (non-hydrogen) atoms. The zero-order valence-corrected chi connectivity index (χ0v) is 36.6. The molecule has 0 spiro atoms. The van der Waals surface area contributed by atoms with Gasteiger partial charge in [-0.1, -0.05) is 54.6 Å². The summed E-state index contributed by atoms with van der Waals surface area (Å²) in [5, 5.41) is 33.7. The number of nitrogens with one attached hydrogen (secondary N) is 4. The Labute approximate surface area is 358 Å². The molecule has 15 heteroatoms. The van der Waals surface area contributed by atoms with E-state index >= 15 is 0 Å². The van der Waals surface area contributed by atoms with Crippen molar-refractivity contribution < 1.29 is 23.2 Å². The number of thioether (sulfide) groups is 1. The van der Waals surface area contributed by atoms with E-state index in [2.05, 4.69) is 54.7 Å². The van der Waals surface area contributed by atoms with Crippen molar-refractivity contribution >= 4 is 44.8 Å². The molecule has 5 N–H and O–H groups in total. The second-order valence-electron chi connectivity index (χ2n) is 15.1. The number of hydrogen-bond donors (Lipinski definition) is 5. The van der Waals surface area contributed by atoms with Crippen LogP contribution in [0.3, 0.4) is 0 Å². The van der Waals surface area contributed by atoms with Gasteiger partial charge in [-0.25, -0.2) is 18.3 Å². The topological polar surface area (TPSA) is 158 Å². The van der Waals surface area contributed by atoms with Crippen LogP contribution in [0.1, 0.15) is 22.3 Å². The third kappa shape index (κ3) is 14.3. The fourth-order valence-corrected chi connectivity index (χ4v) is 8.21. The molecule has 0 heterocycles. The number of benzene rings is 5. The summed E-state index contributed by atoms with van der Waals surface area (Å²) in [5.74, 6) is 0.671. The molecule has 0 saturated heterocycles. The van der Waals surface area contributed by atoms with Gasteiger partial charge in [0.15, 0.2) is 5.69 Å². The summed E-state index contributed by atoms with van der Waals surface area (Å²) >= 11 is 1.65. The third-order valence-electron chi connectivity index (χ3n) is 9.52. The van der Waals surface area contributed by atoms with E-state index < -0.39 is 20.7 Å². The van der Waals surface area contributed by atoms with Crippen molar-refractivity contribution in [2.45, 2.75) is 28.8 Å². The molecular weight excluding hydrogens is 799 g/mol. The molecule has 0 aliphatic rings. The quantitative estimate of drug-likeness (QED) is 0.0199. The molecule has 0 radical (unpaired) electrons. The molecule has 0 bridgehead atoms. The maximum Gasteiger partial charge on any atom is 0.264 e. The Bertz CT molecular complexity index is 2220. The summed E-state index contributed by atoms with van der Waals surface area (Å²) in [7, 11) is 4.56. The Morgan fingerprint density at radius 3 is 2.22 bits per heavy atom. The molecule has 1 unspecified atom stereocenters. The number of quaternary nitrogens is 1. The standard InChI is InChI=1S/C45H57N7O6S2/c1-50(2)28-25-38(33-59-40-12-7-6-8-13-40)48-43-24-23-41(31-44(43)52(5,54)55)60(56,57)49-45(53)35-15-19-37(20-16-35)47-27-26-46-32-36-11-9-10-14-42(36)34-17-21-39(22-18-34)58-30-29-51(3)4/h6-24,31,38,46-48,54H,25-30,32-33H2,1-5H3,(H,49,53)/t38-/m1/s1. The Balaban J connectivity index is 1.14. The second-order valence-corrected chi connectivity index (χ2v) is 17.8. The van der Waals surface area contributed by atoms with Gasteiger partial charge < -0.3 is 35.7 Å². The van der Waals surface area contributed by atoms with Crippen LogP contribution < -0.4 is 30.2 Å². The average molecular weight is 856 g/mol. The Kier molecular flexibility index (Phi) is 16.9. The van der Waals surface area contributed by atoms with Crippen LogP contribution in [0.2, 0.25) is 0 Å². The number of hydrogen-bond acceptors (Lipinski definition) is 12. The highest BCUT2D eigenvalue weighted by molar-refractivity contribution is 7.99. The molecule has 320 valence electrons. The number of anilines is 2. The molecule has 13 nitrogen and oxygen atoms in total. The van der Waals surface area contributed by atoms with Gasteiger partial charge in [0.05, 0.1) is 10.6 Å². The fourth-order valence-electron chi connectivity index (χ4n) is 6.22. The van der Waals surface area contributed by atoms with Gasteiger partial charge >= 0.3 is 0 Å². The van der Waals surface area contributed by atoms with Gasteiger partial charge in [-0.05, 0) is 119 Å². The van der Waals surface area contributed by atoms with Crippen LogP contribution in [-0.4, -0.2) is 109 Å². The van der Waals surface area contributed by atoms with E-state index in [1.54, 1.807) is 23.9 Å². The first-order valence-corrected chi connectivity index (χ1v) is 22.3. The minimum Gasteiger partial charge on any atom is -0.593 e. The van der Waals surface area contributed by atoms with E-state index in [-0.39, 0.29) is 22.2 Å². The Morgan fingerprint density at radius 1 is 0.850 bits per heavy atom. The van der Waals surface area contributed by atoms with Gasteiger partial charge in [0.25, 0.3) is 15.9 Å². The van der Waals surface area contributed by atoms with Crippen molar-refractivity contribution in [3.05, 3.63) is 138 Å². The van der Waals surface area contributed by atoms with Crippen molar-refractivity contribution in [2.24, 2.45) is 0 Å². The van der Waals surface area contributed by atoms with Gasteiger partial charge in [-0.15, -0.1) is 11.8 Å². The van der Waals surface area contributed by atoms with E-state index in [1.807, 2.05) is 82.8 Å². The Morgan fingerprint density at radius 2 is 1.53 bits per heavy atom. The monoisotopic (exact) mass is 855 g/mol. The van der Waals surface area contributed by atoms with Crippen molar-refractivity contribution in [2.75, 3.05) is 84.4 Å². The summed E-state index contributed by atoms with van der Waals surface area (Å²) < 4.78 is 34.8. The van der Waals surface area contributed by atoms with Crippen LogP contribution in [0.25, 0.3) is 11.1 Å². The number of rotatable bonds is 23. The lowest BCUT2D eigenvalue weighted by Crippen LogP contribution is -2.36. The number of carbonyl (C=O) groups excluding carboxylic acids is 1. The van der Waals surface area contributed by atoms with Gasteiger partial charge in [0, 0.05) is 60.2 Å². The third-order valence-corrected chi connectivity index (χ3v) is 12.0. The van der Waals surface area contributed by atoms with Crippen LogP contribution in [0.15, 0.2) is 131 Å². The van der Waals surface area contributed by atoms with Crippen LogP contribution in [0.4, 0.5) is 17.1 Å². The van der Waals surface area contributed by atoms with Crippen LogP contribution in [0, 0.1) is 5.21 Å². The number of amides is 1. The molecule has 0 fully saturated rings. The Hall–Kier alpha value is -4.97. The molecule has 1 amide bonds. The van der Waals surface area contributed by atoms with Gasteiger partial charge in [0.1, 0.15) is 19.4 Å². The molecular formula is C45H57N7O6S2. The molecule has 5 rings (SSSR count). The SMILES string of the molecule is CN(C)CCOc1ccc(-c2ccccc2CNCCNc2ccc(C(=O)NS(=O)(=O)c3ccc(N[C@H](CCN(C)C)CSc4ccccc4)c([N+](C)([O-])O)c3)cc2)cc1. The van der Waals surface area contributed by atoms with Crippen LogP contribution in [-0.2, 0) is 16.6 Å². The number of carbonyl (C=O) groups is 1. The smallest absolute Gasteiger partial charge is 0.264 e. The van der Waals surface area contributed by atoms with E-state index in [0.29, 0.717) is 37.7 Å². The minimum absolute atomic E-state index is 0.116. The van der Waals surface area contributed by atoms with E-state index in [9.17, 15) is 23.6 Å². The van der Waals surface area contributed by atoms with E-state index in [4.69, 9.17) is 4.74 Å². The first-order valence-electron chi connectivity index (χ1n) is 19.8. The highest BCUT2D eigenvalue weighted by Crippen LogP contribution is 2.33. The van der Waals surface area contributed by atoms with Crippen LogP contribution >= 0.6 is 11.8 Å². The van der Waals surface area contributed by atoms with Gasteiger partial charge in [-0.3, -0.25) is 4.79 Å². The van der Waals surface area contributed by atoms with Crippen molar-refractivity contribution in [1.29, 1.82) is 0 Å². The zero-order chi connectivity index (χ0) is 43.1. The van der Waals surface area contributed by atoms with Gasteiger partial charge in [0.2, 0.25) is 0 Å². The summed E-state index contributed by atoms with van der Waals surface area (Å²) in [6.45, 7) is 4.19. The summed E-state index contributed by atoms with van der Waals surface area (Å²) in [6.07, 6.45) is 0.724. The molecule has 5 aromatic rings. The predicted molar refractivity (Wildman–Crippen MR) is 244 cm³/mol. The van der Waals surface area contributed by atoms with E-state index in [0.717, 1.165) is 60.1 Å². The lowest BCUT2D eigenvalue weighted by molar-refractivity contribution is -0.00402. The second kappa shape index (κ2) is 22.0. The molecule has 0 aliphatic carbocycles. The number of nitrogens with zero attached hydrogens (tertiary/aromatic N) is 3. The fraction of sp³-hybridized carbons (Fsp3) is 0.311. The largest absolute Gasteiger partial charge is 0.593 e. The first kappa shape index (κ1) is 46.1. The number of ether oxygens (including phenoxy) is 1. The minimum atomic E-state index is -4.42. The van der Waals surface area contributed by atoms with Crippen molar-refractivity contribution in [3.63, 3.8) is 0 Å². The number of hydroxylamine groups is 2. The van der Waals surface area contributed by atoms with Gasteiger partial charge in [-0.2, -0.15) is 4.81 Å². The highest BCUT2D eigenvalue weighted by atomic mass is 32.2. The molecule has 0 aromatic heterocycles. The molecule has 0 saturated carbocycles. The normalized spacial score (nSPS) is 13.2. The predicted octanol–water partition coefficient (Wildman–Crippen LogP) is 6.96. The van der Waals surface area contributed by atoms with Crippen molar-refractivity contribution in [3.8, 4) is 16.9 Å². The zero-order valence-electron chi connectivity index (χ0n) is 34.9. The lowest BCUT2D eigenvalue weighted by atomic mass is 9.99. The average Bonchev–Trinajstić information content (AvgIpc) is 3.22. The molecule has 5 aromatic carbocycles. The summed E-state index contributed by atoms with van der Waals surface area (Å²) in [4.78, 5) is 16.2.